The normalized spacial score (nSPS) is 12.7. The molecule has 0 spiro atoms. The average molecular weight is 207 g/mol. The molecular formula is C12H21N3. The number of pyridine rings is 1. The van der Waals surface area contributed by atoms with E-state index in [4.69, 9.17) is 5.84 Å². The summed E-state index contributed by atoms with van der Waals surface area (Å²) in [5, 5.41) is 0. The molecule has 1 heterocycles. The van der Waals surface area contributed by atoms with Crippen LogP contribution in [0.4, 0.5) is 0 Å². The molecule has 0 aromatic carbocycles. The van der Waals surface area contributed by atoms with E-state index in [0.717, 1.165) is 12.1 Å². The van der Waals surface area contributed by atoms with Crippen molar-refractivity contribution in [3.63, 3.8) is 0 Å². The molecule has 1 aromatic rings. The van der Waals surface area contributed by atoms with E-state index >= 15 is 0 Å². The summed E-state index contributed by atoms with van der Waals surface area (Å²) in [5.41, 5.74) is 5.16. The number of hydrogen-bond acceptors (Lipinski definition) is 3. The van der Waals surface area contributed by atoms with E-state index in [-0.39, 0.29) is 6.04 Å². The van der Waals surface area contributed by atoms with Gasteiger partial charge >= 0.3 is 0 Å². The van der Waals surface area contributed by atoms with Crippen molar-refractivity contribution in [3.8, 4) is 0 Å². The zero-order valence-electron chi connectivity index (χ0n) is 9.66. The molecule has 0 bridgehead atoms. The second-order valence-corrected chi connectivity index (χ2v) is 3.89. The molecule has 84 valence electrons. The van der Waals surface area contributed by atoms with E-state index in [2.05, 4.69) is 23.4 Å². The van der Waals surface area contributed by atoms with Gasteiger partial charge in [0, 0.05) is 17.9 Å². The van der Waals surface area contributed by atoms with Crippen LogP contribution >= 0.6 is 0 Å². The SMILES string of the molecule is CCCCCC(NN)c1cccnc1C. The van der Waals surface area contributed by atoms with Crippen LogP contribution in [0.15, 0.2) is 18.3 Å². The van der Waals surface area contributed by atoms with Crippen molar-refractivity contribution in [1.29, 1.82) is 0 Å². The van der Waals surface area contributed by atoms with Gasteiger partial charge in [0.15, 0.2) is 0 Å². The largest absolute Gasteiger partial charge is 0.271 e. The monoisotopic (exact) mass is 207 g/mol. The van der Waals surface area contributed by atoms with Crippen molar-refractivity contribution in [2.24, 2.45) is 5.84 Å². The van der Waals surface area contributed by atoms with E-state index in [9.17, 15) is 0 Å². The van der Waals surface area contributed by atoms with Gasteiger partial charge in [-0.25, -0.2) is 0 Å². The zero-order chi connectivity index (χ0) is 11.1. The summed E-state index contributed by atoms with van der Waals surface area (Å²) in [6.45, 7) is 4.24. The number of hydrazine groups is 1. The number of aromatic nitrogens is 1. The van der Waals surface area contributed by atoms with Gasteiger partial charge in [-0.15, -0.1) is 0 Å². The van der Waals surface area contributed by atoms with Gasteiger partial charge in [-0.2, -0.15) is 0 Å². The summed E-state index contributed by atoms with van der Waals surface area (Å²) in [6, 6.07) is 4.30. The topological polar surface area (TPSA) is 50.9 Å². The lowest BCUT2D eigenvalue weighted by Crippen LogP contribution is -2.28. The van der Waals surface area contributed by atoms with Gasteiger partial charge < -0.3 is 0 Å². The van der Waals surface area contributed by atoms with Crippen molar-refractivity contribution < 1.29 is 0 Å². The maximum absolute atomic E-state index is 5.58. The lowest BCUT2D eigenvalue weighted by molar-refractivity contribution is 0.483. The quantitative estimate of drug-likeness (QED) is 0.428. The minimum absolute atomic E-state index is 0.241. The first-order valence-corrected chi connectivity index (χ1v) is 5.67. The smallest absolute Gasteiger partial charge is 0.0477 e. The molecule has 0 saturated carbocycles. The van der Waals surface area contributed by atoms with E-state index in [1.807, 2.05) is 19.2 Å². The van der Waals surface area contributed by atoms with Gasteiger partial charge in [0.05, 0.1) is 0 Å². The van der Waals surface area contributed by atoms with Crippen molar-refractivity contribution in [2.75, 3.05) is 0 Å². The Balaban J connectivity index is 2.61. The highest BCUT2D eigenvalue weighted by atomic mass is 15.2. The number of unbranched alkanes of at least 4 members (excludes halogenated alkanes) is 2. The number of rotatable bonds is 6. The fourth-order valence-electron chi connectivity index (χ4n) is 1.79. The molecule has 3 nitrogen and oxygen atoms in total. The first-order valence-electron chi connectivity index (χ1n) is 5.67. The molecule has 0 saturated heterocycles. The first-order chi connectivity index (χ1) is 7.29. The molecule has 0 aliphatic heterocycles. The van der Waals surface area contributed by atoms with E-state index in [1.54, 1.807) is 0 Å². The Bertz CT molecular complexity index is 286. The summed E-state index contributed by atoms with van der Waals surface area (Å²) in [6.07, 6.45) is 6.61. The number of nitrogens with two attached hydrogens (primary N) is 1. The Morgan fingerprint density at radius 1 is 1.47 bits per heavy atom. The van der Waals surface area contributed by atoms with Crippen molar-refractivity contribution in [2.45, 2.75) is 45.6 Å². The van der Waals surface area contributed by atoms with Crippen molar-refractivity contribution in [1.82, 2.24) is 10.4 Å². The van der Waals surface area contributed by atoms with E-state index in [1.165, 1.54) is 24.8 Å². The van der Waals surface area contributed by atoms with Crippen LogP contribution in [0, 0.1) is 6.92 Å². The molecule has 0 radical (unpaired) electrons. The third-order valence-corrected chi connectivity index (χ3v) is 2.72. The van der Waals surface area contributed by atoms with Crippen LogP contribution in [0.25, 0.3) is 0 Å². The average Bonchev–Trinajstić information content (AvgIpc) is 2.26. The number of nitrogens with one attached hydrogen (secondary N) is 1. The molecule has 1 unspecified atom stereocenters. The van der Waals surface area contributed by atoms with Crippen LogP contribution in [0.5, 0.6) is 0 Å². The molecule has 0 aliphatic rings. The molecule has 15 heavy (non-hydrogen) atoms. The zero-order valence-corrected chi connectivity index (χ0v) is 9.66. The molecule has 0 fully saturated rings. The van der Waals surface area contributed by atoms with Crippen molar-refractivity contribution >= 4 is 0 Å². The first kappa shape index (κ1) is 12.1. The summed E-state index contributed by atoms with van der Waals surface area (Å²) in [5.74, 6) is 5.58. The Labute approximate surface area is 92.1 Å². The molecule has 3 heteroatoms. The Hall–Kier alpha value is -0.930. The Morgan fingerprint density at radius 2 is 2.27 bits per heavy atom. The molecule has 3 N–H and O–H groups in total. The predicted octanol–water partition coefficient (Wildman–Crippen LogP) is 2.47. The maximum Gasteiger partial charge on any atom is 0.0477 e. The fraction of sp³-hybridized carbons (Fsp3) is 0.583. The highest BCUT2D eigenvalue weighted by Crippen LogP contribution is 2.20. The fourth-order valence-corrected chi connectivity index (χ4v) is 1.79. The van der Waals surface area contributed by atoms with Gasteiger partial charge in [0.1, 0.15) is 0 Å². The minimum atomic E-state index is 0.241. The van der Waals surface area contributed by atoms with Gasteiger partial charge in [0.2, 0.25) is 0 Å². The summed E-state index contributed by atoms with van der Waals surface area (Å²) in [7, 11) is 0. The van der Waals surface area contributed by atoms with Crippen molar-refractivity contribution in [3.05, 3.63) is 29.6 Å². The van der Waals surface area contributed by atoms with Gasteiger partial charge in [0.25, 0.3) is 0 Å². The summed E-state index contributed by atoms with van der Waals surface area (Å²) < 4.78 is 0. The highest BCUT2D eigenvalue weighted by Gasteiger charge is 2.11. The second-order valence-electron chi connectivity index (χ2n) is 3.89. The Morgan fingerprint density at radius 3 is 2.87 bits per heavy atom. The van der Waals surface area contributed by atoms with Crippen LogP contribution in [-0.2, 0) is 0 Å². The second kappa shape index (κ2) is 6.53. The third-order valence-electron chi connectivity index (χ3n) is 2.72. The number of nitrogens with zero attached hydrogens (tertiary/aromatic N) is 1. The van der Waals surface area contributed by atoms with Crippen LogP contribution < -0.4 is 11.3 Å². The lowest BCUT2D eigenvalue weighted by atomic mass is 10.00. The van der Waals surface area contributed by atoms with Gasteiger partial charge in [-0.3, -0.25) is 16.3 Å². The molecule has 0 amide bonds. The van der Waals surface area contributed by atoms with Crippen LogP contribution in [0.2, 0.25) is 0 Å². The summed E-state index contributed by atoms with van der Waals surface area (Å²) in [4.78, 5) is 4.28. The molecular weight excluding hydrogens is 186 g/mol. The van der Waals surface area contributed by atoms with Crippen LogP contribution in [0.3, 0.4) is 0 Å². The number of aryl methyl sites for hydroxylation is 1. The number of hydrogen-bond donors (Lipinski definition) is 2. The minimum Gasteiger partial charge on any atom is -0.271 e. The third kappa shape index (κ3) is 3.61. The highest BCUT2D eigenvalue weighted by molar-refractivity contribution is 5.22. The standard InChI is InChI=1S/C12H21N3/c1-3-4-5-8-12(15-13)11-7-6-9-14-10(11)2/h6-7,9,12,15H,3-5,8,13H2,1-2H3. The lowest BCUT2D eigenvalue weighted by Gasteiger charge is -2.17. The van der Waals surface area contributed by atoms with E-state index in [0.29, 0.717) is 0 Å². The molecule has 0 aliphatic carbocycles. The van der Waals surface area contributed by atoms with Crippen LogP contribution in [0.1, 0.15) is 49.9 Å². The Kier molecular flexibility index (Phi) is 5.29. The maximum atomic E-state index is 5.58. The molecule has 1 aromatic heterocycles. The summed E-state index contributed by atoms with van der Waals surface area (Å²) >= 11 is 0. The molecule has 1 rings (SSSR count). The molecule has 1 atom stereocenters. The van der Waals surface area contributed by atoms with Gasteiger partial charge in [-0.05, 0) is 25.0 Å². The van der Waals surface area contributed by atoms with E-state index < -0.39 is 0 Å². The predicted molar refractivity (Wildman–Crippen MR) is 63.2 cm³/mol. The van der Waals surface area contributed by atoms with Crippen LogP contribution in [-0.4, -0.2) is 4.98 Å². The van der Waals surface area contributed by atoms with Gasteiger partial charge in [-0.1, -0.05) is 32.3 Å².